The van der Waals surface area contributed by atoms with Gasteiger partial charge in [0.05, 0.1) is 12.3 Å². The third-order valence-corrected chi connectivity index (χ3v) is 4.29. The summed E-state index contributed by atoms with van der Waals surface area (Å²) in [4.78, 5) is 10.6. The Morgan fingerprint density at radius 2 is 1.69 bits per heavy atom. The second-order valence-corrected chi connectivity index (χ2v) is 6.45. The number of nitrogens with zero attached hydrogens (tertiary/aromatic N) is 3. The van der Waals surface area contributed by atoms with Crippen molar-refractivity contribution in [3.63, 3.8) is 0 Å². The number of benzene rings is 2. The van der Waals surface area contributed by atoms with Gasteiger partial charge in [0.25, 0.3) is 0 Å². The lowest BCUT2D eigenvalue weighted by Gasteiger charge is -2.20. The third kappa shape index (κ3) is 4.00. The van der Waals surface area contributed by atoms with E-state index >= 15 is 0 Å². The molecule has 0 saturated heterocycles. The number of aromatic nitrogens is 2. The van der Waals surface area contributed by atoms with E-state index in [1.54, 1.807) is 12.1 Å². The zero-order chi connectivity index (χ0) is 18.7. The molecule has 0 spiro atoms. The van der Waals surface area contributed by atoms with Gasteiger partial charge in [-0.1, -0.05) is 23.2 Å². The first-order valence-corrected chi connectivity index (χ1v) is 8.80. The van der Waals surface area contributed by atoms with Crippen LogP contribution in [0, 0.1) is 0 Å². The van der Waals surface area contributed by atoms with Crippen molar-refractivity contribution in [1.29, 1.82) is 0 Å². The second-order valence-electron chi connectivity index (χ2n) is 5.58. The zero-order valence-electron chi connectivity index (χ0n) is 14.4. The Morgan fingerprint density at radius 3 is 2.38 bits per heavy atom. The first-order chi connectivity index (χ1) is 12.5. The van der Waals surface area contributed by atoms with Gasteiger partial charge in [-0.15, -0.1) is 0 Å². The highest BCUT2D eigenvalue weighted by Crippen LogP contribution is 2.34. The van der Waals surface area contributed by atoms with Crippen molar-refractivity contribution in [2.75, 3.05) is 24.3 Å². The van der Waals surface area contributed by atoms with Gasteiger partial charge in [0.15, 0.2) is 0 Å². The molecule has 5 nitrogen and oxygen atoms in total. The second kappa shape index (κ2) is 7.81. The fourth-order valence-electron chi connectivity index (χ4n) is 2.54. The number of rotatable bonds is 5. The quantitative estimate of drug-likeness (QED) is 0.650. The van der Waals surface area contributed by atoms with Crippen LogP contribution in [-0.4, -0.2) is 23.6 Å². The molecule has 0 bridgehead atoms. The van der Waals surface area contributed by atoms with Crippen LogP contribution in [0.5, 0.6) is 5.75 Å². The summed E-state index contributed by atoms with van der Waals surface area (Å²) in [6, 6.07) is 14.7. The van der Waals surface area contributed by atoms with Crippen LogP contribution in [0.25, 0.3) is 11.3 Å². The fraction of sp³-hybridized carbons (Fsp3) is 0.158. The molecule has 0 radical (unpaired) electrons. The van der Waals surface area contributed by atoms with Gasteiger partial charge in [0.2, 0.25) is 5.95 Å². The number of nitrogens with two attached hydrogens (primary N) is 1. The van der Waals surface area contributed by atoms with E-state index in [1.165, 1.54) is 0 Å². The molecule has 3 rings (SSSR count). The predicted octanol–water partition coefficient (Wildman–Crippen LogP) is 5.20. The van der Waals surface area contributed by atoms with Gasteiger partial charge < -0.3 is 15.4 Å². The van der Waals surface area contributed by atoms with Crippen LogP contribution in [-0.2, 0) is 0 Å². The maximum Gasteiger partial charge on any atom is 0.222 e. The molecule has 26 heavy (non-hydrogen) atoms. The number of ether oxygens (including phenoxy) is 1. The first-order valence-electron chi connectivity index (χ1n) is 8.04. The Bertz CT molecular complexity index is 916. The van der Waals surface area contributed by atoms with Crippen molar-refractivity contribution in [3.8, 4) is 17.0 Å². The van der Waals surface area contributed by atoms with E-state index in [0.29, 0.717) is 33.9 Å². The molecule has 0 amide bonds. The van der Waals surface area contributed by atoms with Gasteiger partial charge >= 0.3 is 0 Å². The smallest absolute Gasteiger partial charge is 0.222 e. The molecule has 0 aliphatic rings. The maximum atomic E-state index is 6.17. The number of nitrogen functional groups attached to an aromatic ring is 1. The minimum absolute atomic E-state index is 0.167. The largest absolute Gasteiger partial charge is 0.493 e. The average Bonchev–Trinajstić information content (AvgIpc) is 2.63. The first kappa shape index (κ1) is 18.3. The Kier molecular flexibility index (Phi) is 5.49. The van der Waals surface area contributed by atoms with Crippen molar-refractivity contribution in [2.45, 2.75) is 6.92 Å². The van der Waals surface area contributed by atoms with Crippen molar-refractivity contribution in [3.05, 3.63) is 58.6 Å². The summed E-state index contributed by atoms with van der Waals surface area (Å²) in [6.45, 7) is 2.46. The fourth-order valence-corrected chi connectivity index (χ4v) is 2.84. The molecular weight excluding hydrogens is 371 g/mol. The van der Waals surface area contributed by atoms with E-state index in [4.69, 9.17) is 33.7 Å². The molecule has 2 N–H and O–H groups in total. The molecule has 0 saturated carbocycles. The van der Waals surface area contributed by atoms with Crippen LogP contribution >= 0.6 is 23.2 Å². The lowest BCUT2D eigenvalue weighted by atomic mass is 10.1. The van der Waals surface area contributed by atoms with Crippen molar-refractivity contribution in [1.82, 2.24) is 9.97 Å². The number of halogens is 2. The van der Waals surface area contributed by atoms with Gasteiger partial charge in [-0.3, -0.25) is 0 Å². The summed E-state index contributed by atoms with van der Waals surface area (Å²) in [5, 5.41) is 1.26. The average molecular weight is 389 g/mol. The van der Waals surface area contributed by atoms with Crippen molar-refractivity contribution >= 4 is 40.7 Å². The molecule has 0 atom stereocenters. The highest BCUT2D eigenvalue weighted by molar-refractivity contribution is 6.31. The zero-order valence-corrected chi connectivity index (χ0v) is 15.9. The van der Waals surface area contributed by atoms with Crippen molar-refractivity contribution in [2.24, 2.45) is 0 Å². The molecule has 2 aromatic carbocycles. The molecule has 1 aromatic heterocycles. The summed E-state index contributed by atoms with van der Waals surface area (Å²) < 4.78 is 5.70. The minimum Gasteiger partial charge on any atom is -0.493 e. The lowest BCUT2D eigenvalue weighted by molar-refractivity contribution is 0.341. The molecule has 0 aliphatic carbocycles. The van der Waals surface area contributed by atoms with E-state index in [1.807, 2.05) is 55.3 Å². The van der Waals surface area contributed by atoms with Crippen molar-refractivity contribution < 1.29 is 4.74 Å². The SMILES string of the molecule is CCOc1ccc(Cl)cc1-c1cc(N(C)c2ccc(Cl)cc2)nc(N)n1. The monoisotopic (exact) mass is 388 g/mol. The molecule has 7 heteroatoms. The summed E-state index contributed by atoms with van der Waals surface area (Å²) in [5.74, 6) is 1.51. The number of hydrogen-bond donors (Lipinski definition) is 1. The van der Waals surface area contributed by atoms with E-state index < -0.39 is 0 Å². The lowest BCUT2D eigenvalue weighted by Crippen LogP contribution is -2.13. The van der Waals surface area contributed by atoms with Gasteiger partial charge in [0, 0.05) is 34.4 Å². The maximum absolute atomic E-state index is 6.17. The summed E-state index contributed by atoms with van der Waals surface area (Å²) in [7, 11) is 1.90. The molecule has 134 valence electrons. The third-order valence-electron chi connectivity index (χ3n) is 3.80. The van der Waals surface area contributed by atoms with Gasteiger partial charge in [0.1, 0.15) is 11.6 Å². The Labute approximate surface area is 162 Å². The van der Waals surface area contributed by atoms with E-state index in [2.05, 4.69) is 9.97 Å². The molecular formula is C19H18Cl2N4O. The number of anilines is 3. The van der Waals surface area contributed by atoms with E-state index in [0.717, 1.165) is 11.3 Å². The molecule has 1 heterocycles. The van der Waals surface area contributed by atoms with E-state index in [-0.39, 0.29) is 5.95 Å². The molecule has 3 aromatic rings. The van der Waals surface area contributed by atoms with Gasteiger partial charge in [-0.25, -0.2) is 4.98 Å². The van der Waals surface area contributed by atoms with Gasteiger partial charge in [-0.05, 0) is 49.4 Å². The number of hydrogen-bond acceptors (Lipinski definition) is 5. The Hall–Kier alpha value is -2.50. The standard InChI is InChI=1S/C19H18Cl2N4O/c1-3-26-17-9-6-13(21)10-15(17)16-11-18(24-19(22)23-16)25(2)14-7-4-12(20)5-8-14/h4-11H,3H2,1-2H3,(H2,22,23,24). The highest BCUT2D eigenvalue weighted by atomic mass is 35.5. The molecule has 0 unspecified atom stereocenters. The minimum atomic E-state index is 0.167. The Balaban J connectivity index is 2.06. The van der Waals surface area contributed by atoms with Crippen LogP contribution < -0.4 is 15.4 Å². The molecule has 0 fully saturated rings. The summed E-state index contributed by atoms with van der Waals surface area (Å²) in [5.41, 5.74) is 8.28. The van der Waals surface area contributed by atoms with Crippen LogP contribution in [0.15, 0.2) is 48.5 Å². The van der Waals surface area contributed by atoms with E-state index in [9.17, 15) is 0 Å². The topological polar surface area (TPSA) is 64.3 Å². The Morgan fingerprint density at radius 1 is 1.00 bits per heavy atom. The predicted molar refractivity (Wildman–Crippen MR) is 108 cm³/mol. The van der Waals surface area contributed by atoms with Crippen LogP contribution in [0.4, 0.5) is 17.5 Å². The van der Waals surface area contributed by atoms with Crippen LogP contribution in [0.3, 0.4) is 0 Å². The van der Waals surface area contributed by atoms with Crippen LogP contribution in [0.2, 0.25) is 10.0 Å². The normalized spacial score (nSPS) is 10.6. The molecule has 0 aliphatic heterocycles. The summed E-state index contributed by atoms with van der Waals surface area (Å²) >= 11 is 12.1. The highest BCUT2D eigenvalue weighted by Gasteiger charge is 2.14. The summed E-state index contributed by atoms with van der Waals surface area (Å²) in [6.07, 6.45) is 0. The van der Waals surface area contributed by atoms with Crippen LogP contribution in [0.1, 0.15) is 6.92 Å². The van der Waals surface area contributed by atoms with Gasteiger partial charge in [-0.2, -0.15) is 4.98 Å².